The quantitative estimate of drug-likeness (QED) is 0.274. The summed E-state index contributed by atoms with van der Waals surface area (Å²) in [5.74, 6) is -1.72. The predicted octanol–water partition coefficient (Wildman–Crippen LogP) is 4.20. The van der Waals surface area contributed by atoms with Gasteiger partial charge in [0.15, 0.2) is 0 Å². The van der Waals surface area contributed by atoms with Crippen LogP contribution >= 0.6 is 0 Å². The first-order valence-corrected chi connectivity index (χ1v) is 14.8. The molecule has 0 aliphatic carbocycles. The van der Waals surface area contributed by atoms with Crippen LogP contribution in [0, 0.1) is 11.7 Å². The zero-order valence-corrected chi connectivity index (χ0v) is 24.7. The summed E-state index contributed by atoms with van der Waals surface area (Å²) < 4.78 is 18.8. The minimum Gasteiger partial charge on any atom is -0.380 e. The number of pyridine rings is 1. The van der Waals surface area contributed by atoms with E-state index in [0.717, 1.165) is 18.4 Å². The summed E-state index contributed by atoms with van der Waals surface area (Å²) in [6.45, 7) is 5.38. The van der Waals surface area contributed by atoms with Gasteiger partial charge in [-0.1, -0.05) is 37.3 Å². The number of likely N-dealkylation sites (tertiary alicyclic amines) is 1. The van der Waals surface area contributed by atoms with Crippen LogP contribution in [-0.2, 0) is 16.0 Å². The molecular formula is C33H40FN5O4. The highest BCUT2D eigenvalue weighted by Gasteiger charge is 2.30. The molecule has 10 heteroatoms. The molecule has 1 aliphatic rings. The molecule has 9 nitrogen and oxygen atoms in total. The van der Waals surface area contributed by atoms with Gasteiger partial charge >= 0.3 is 0 Å². The van der Waals surface area contributed by atoms with Crippen LogP contribution in [0.2, 0.25) is 0 Å². The van der Waals surface area contributed by atoms with E-state index in [9.17, 15) is 18.8 Å². The SMILES string of the molecule is CCOC[C@H]1CCCN1C(=O)c1cncc(C(=O)N[C@@H](Cc2ccccc2)[C@@H](N)C[C@@H](C)C(=O)Nc2ccc(F)cc2)c1. The Morgan fingerprint density at radius 2 is 1.81 bits per heavy atom. The standard InChI is InChI=1S/C33H40FN5O4/c1-3-43-21-28-10-7-15-39(28)33(42)25-18-24(19-36-20-25)32(41)38-30(17-23-8-5-4-6-9-23)29(35)16-22(2)31(40)37-27-13-11-26(34)12-14-27/h4-6,8-9,11-14,18-20,22,28-30H,3,7,10,15-17,21,35H2,1-2H3,(H,37,40)(H,38,41)/t22-,28-,29+,30+/m1/s1. The highest BCUT2D eigenvalue weighted by atomic mass is 19.1. The number of carbonyl (C=O) groups excluding carboxylic acids is 3. The van der Waals surface area contributed by atoms with E-state index in [4.69, 9.17) is 10.5 Å². The number of nitrogens with one attached hydrogen (secondary N) is 2. The third-order valence-electron chi connectivity index (χ3n) is 7.72. The van der Waals surface area contributed by atoms with E-state index in [2.05, 4.69) is 15.6 Å². The number of anilines is 1. The van der Waals surface area contributed by atoms with Crippen LogP contribution in [0.1, 0.15) is 59.4 Å². The van der Waals surface area contributed by atoms with Crippen LogP contribution in [0.3, 0.4) is 0 Å². The Morgan fingerprint density at radius 1 is 1.09 bits per heavy atom. The van der Waals surface area contributed by atoms with Gasteiger partial charge in [-0.3, -0.25) is 19.4 Å². The number of hydrogen-bond acceptors (Lipinski definition) is 6. The highest BCUT2D eigenvalue weighted by Crippen LogP contribution is 2.21. The summed E-state index contributed by atoms with van der Waals surface area (Å²) >= 11 is 0. The molecule has 1 aromatic heterocycles. The second-order valence-corrected chi connectivity index (χ2v) is 11.0. The number of rotatable bonds is 13. The van der Waals surface area contributed by atoms with Gasteiger partial charge in [0.2, 0.25) is 5.91 Å². The highest BCUT2D eigenvalue weighted by molar-refractivity contribution is 5.99. The average Bonchev–Trinajstić information content (AvgIpc) is 3.49. The van der Waals surface area contributed by atoms with Crippen molar-refractivity contribution in [3.8, 4) is 0 Å². The lowest BCUT2D eigenvalue weighted by Crippen LogP contribution is -2.50. The van der Waals surface area contributed by atoms with Crippen LogP contribution in [0.15, 0.2) is 73.1 Å². The molecule has 0 saturated carbocycles. The smallest absolute Gasteiger partial charge is 0.255 e. The van der Waals surface area contributed by atoms with Gasteiger partial charge in [0.1, 0.15) is 5.82 Å². The molecule has 4 rings (SSSR count). The van der Waals surface area contributed by atoms with Crippen molar-refractivity contribution in [3.05, 3.63) is 95.6 Å². The van der Waals surface area contributed by atoms with E-state index < -0.39 is 23.9 Å². The predicted molar refractivity (Wildman–Crippen MR) is 163 cm³/mol. The van der Waals surface area contributed by atoms with Gasteiger partial charge < -0.3 is 26.0 Å². The van der Waals surface area contributed by atoms with Crippen molar-refractivity contribution in [1.82, 2.24) is 15.2 Å². The minimum atomic E-state index is -0.570. The van der Waals surface area contributed by atoms with Crippen molar-refractivity contribution in [2.24, 2.45) is 11.7 Å². The van der Waals surface area contributed by atoms with Crippen molar-refractivity contribution >= 4 is 23.4 Å². The van der Waals surface area contributed by atoms with E-state index in [0.29, 0.717) is 37.4 Å². The zero-order valence-electron chi connectivity index (χ0n) is 24.7. The maximum absolute atomic E-state index is 13.5. The normalized spacial score (nSPS) is 16.7. The summed E-state index contributed by atoms with van der Waals surface area (Å²) in [7, 11) is 0. The average molecular weight is 590 g/mol. The molecule has 3 aromatic rings. The van der Waals surface area contributed by atoms with Crippen molar-refractivity contribution in [1.29, 1.82) is 0 Å². The summed E-state index contributed by atoms with van der Waals surface area (Å²) in [6, 6.07) is 15.7. The maximum Gasteiger partial charge on any atom is 0.255 e. The van der Waals surface area contributed by atoms with Gasteiger partial charge in [0.05, 0.1) is 23.8 Å². The lowest BCUT2D eigenvalue weighted by atomic mass is 9.92. The van der Waals surface area contributed by atoms with Gasteiger partial charge in [0.25, 0.3) is 11.8 Å². The topological polar surface area (TPSA) is 127 Å². The minimum absolute atomic E-state index is 0.000399. The number of benzene rings is 2. The second-order valence-electron chi connectivity index (χ2n) is 11.0. The molecule has 2 aromatic carbocycles. The first-order chi connectivity index (χ1) is 20.7. The molecule has 1 saturated heterocycles. The Hall–Kier alpha value is -4.15. The molecule has 2 heterocycles. The second kappa shape index (κ2) is 15.4. The molecule has 228 valence electrons. The first kappa shape index (κ1) is 31.8. The molecule has 4 atom stereocenters. The zero-order chi connectivity index (χ0) is 30.8. The fourth-order valence-electron chi connectivity index (χ4n) is 5.28. The van der Waals surface area contributed by atoms with E-state index >= 15 is 0 Å². The lowest BCUT2D eigenvalue weighted by molar-refractivity contribution is -0.119. The number of nitrogens with zero attached hydrogens (tertiary/aromatic N) is 2. The van der Waals surface area contributed by atoms with Crippen LogP contribution in [0.25, 0.3) is 0 Å². The molecule has 0 bridgehead atoms. The molecule has 0 radical (unpaired) electrons. The summed E-state index contributed by atoms with van der Waals surface area (Å²) in [5.41, 5.74) is 8.68. The number of nitrogens with two attached hydrogens (primary N) is 1. The summed E-state index contributed by atoms with van der Waals surface area (Å²) in [4.78, 5) is 45.6. The number of ether oxygens (including phenoxy) is 1. The Morgan fingerprint density at radius 3 is 2.53 bits per heavy atom. The number of hydrogen-bond donors (Lipinski definition) is 3. The van der Waals surface area contributed by atoms with Gasteiger partial charge in [-0.15, -0.1) is 0 Å². The molecule has 1 aliphatic heterocycles. The molecule has 1 fully saturated rings. The Bertz CT molecular complexity index is 1370. The Kier molecular flexibility index (Phi) is 11.4. The molecule has 43 heavy (non-hydrogen) atoms. The van der Waals surface area contributed by atoms with Crippen molar-refractivity contribution in [2.45, 2.75) is 57.7 Å². The van der Waals surface area contributed by atoms with E-state index in [1.807, 2.05) is 37.3 Å². The summed E-state index contributed by atoms with van der Waals surface area (Å²) in [5, 5.41) is 5.82. The fraction of sp³-hybridized carbons (Fsp3) is 0.394. The Labute approximate surface area is 252 Å². The third kappa shape index (κ3) is 8.92. The number of aromatic nitrogens is 1. The largest absolute Gasteiger partial charge is 0.380 e. The van der Waals surface area contributed by atoms with Gasteiger partial charge in [-0.05, 0) is 68.5 Å². The van der Waals surface area contributed by atoms with E-state index in [1.54, 1.807) is 17.9 Å². The van der Waals surface area contributed by atoms with E-state index in [-0.39, 0.29) is 35.7 Å². The molecule has 0 unspecified atom stereocenters. The lowest BCUT2D eigenvalue weighted by Gasteiger charge is -2.27. The fourth-order valence-corrected chi connectivity index (χ4v) is 5.28. The first-order valence-electron chi connectivity index (χ1n) is 14.8. The maximum atomic E-state index is 13.5. The number of carbonyl (C=O) groups is 3. The monoisotopic (exact) mass is 589 g/mol. The Balaban J connectivity index is 1.45. The van der Waals surface area contributed by atoms with Crippen molar-refractivity contribution in [3.63, 3.8) is 0 Å². The van der Waals surface area contributed by atoms with Gasteiger partial charge in [0, 0.05) is 49.2 Å². The van der Waals surface area contributed by atoms with E-state index in [1.165, 1.54) is 36.7 Å². The number of halogens is 1. The van der Waals surface area contributed by atoms with Gasteiger partial charge in [-0.2, -0.15) is 0 Å². The van der Waals surface area contributed by atoms with Crippen LogP contribution in [0.4, 0.5) is 10.1 Å². The van der Waals surface area contributed by atoms with Crippen molar-refractivity contribution < 1.29 is 23.5 Å². The summed E-state index contributed by atoms with van der Waals surface area (Å²) in [6.07, 6.45) is 5.41. The van der Waals surface area contributed by atoms with Gasteiger partial charge in [-0.25, -0.2) is 4.39 Å². The molecular weight excluding hydrogens is 549 g/mol. The van der Waals surface area contributed by atoms with Crippen LogP contribution in [-0.4, -0.2) is 65.5 Å². The van der Waals surface area contributed by atoms with Crippen molar-refractivity contribution in [2.75, 3.05) is 25.1 Å². The number of amides is 3. The molecule has 0 spiro atoms. The van der Waals surface area contributed by atoms with Crippen LogP contribution in [0.5, 0.6) is 0 Å². The third-order valence-corrected chi connectivity index (χ3v) is 7.72. The molecule has 4 N–H and O–H groups in total. The molecule has 3 amide bonds. The van der Waals surface area contributed by atoms with Crippen LogP contribution < -0.4 is 16.4 Å².